The number of nitrogens with zero attached hydrogens (tertiary/aromatic N) is 1. The first-order chi connectivity index (χ1) is 11.1. The van der Waals surface area contributed by atoms with Gasteiger partial charge in [0.05, 0.1) is 16.4 Å². The van der Waals surface area contributed by atoms with Gasteiger partial charge < -0.3 is 15.8 Å². The van der Waals surface area contributed by atoms with Gasteiger partial charge in [0.1, 0.15) is 5.52 Å². The van der Waals surface area contributed by atoms with Crippen molar-refractivity contribution in [2.24, 2.45) is 0 Å². The zero-order valence-corrected chi connectivity index (χ0v) is 13.1. The van der Waals surface area contributed by atoms with Gasteiger partial charge in [-0.05, 0) is 36.4 Å². The molecule has 0 aliphatic carbocycles. The van der Waals surface area contributed by atoms with Crippen molar-refractivity contribution in [3.63, 3.8) is 0 Å². The van der Waals surface area contributed by atoms with Gasteiger partial charge in [0, 0.05) is 18.5 Å². The number of aromatic nitrogens is 1. The molecule has 3 N–H and O–H groups in total. The molecule has 1 heterocycles. The maximum Gasteiger partial charge on any atom is 0.221 e. The summed E-state index contributed by atoms with van der Waals surface area (Å²) in [4.78, 5) is 15.5. The third-order valence-electron chi connectivity index (χ3n) is 3.28. The molecule has 0 spiro atoms. The van der Waals surface area contributed by atoms with Gasteiger partial charge in [-0.25, -0.2) is 0 Å². The molecule has 0 saturated carbocycles. The Labute approximate surface area is 138 Å². The molecule has 0 atom stereocenters. The number of amides is 1. The van der Waals surface area contributed by atoms with E-state index in [2.05, 4.69) is 10.3 Å². The molecule has 0 unspecified atom stereocenters. The Morgan fingerprint density at radius 2 is 2.00 bits per heavy atom. The number of halogens is 1. The standard InChI is InChI=1S/C17H14ClN3O2/c1-10(22)21-13-5-2-6-14(16(13)19)23-15-8-7-12(18)11-4-3-9-20-17(11)15/h2-9H,19H2,1H3,(H,21,22). The average molecular weight is 328 g/mol. The third-order valence-corrected chi connectivity index (χ3v) is 3.61. The molecule has 3 aromatic rings. The number of fused-ring (bicyclic) bond motifs is 1. The molecule has 0 bridgehead atoms. The minimum Gasteiger partial charge on any atom is -0.453 e. The number of carbonyl (C=O) groups excluding carboxylic acids is 1. The van der Waals surface area contributed by atoms with Crippen molar-refractivity contribution in [3.8, 4) is 11.5 Å². The summed E-state index contributed by atoms with van der Waals surface area (Å²) in [7, 11) is 0. The highest BCUT2D eigenvalue weighted by Gasteiger charge is 2.12. The molecule has 0 radical (unpaired) electrons. The average Bonchev–Trinajstić information content (AvgIpc) is 2.53. The lowest BCUT2D eigenvalue weighted by Gasteiger charge is -2.13. The second kappa shape index (κ2) is 6.14. The molecule has 0 aliphatic rings. The van der Waals surface area contributed by atoms with Crippen molar-refractivity contribution < 1.29 is 9.53 Å². The zero-order chi connectivity index (χ0) is 16.4. The fourth-order valence-corrected chi connectivity index (χ4v) is 2.46. The Kier molecular flexibility index (Phi) is 4.04. The van der Waals surface area contributed by atoms with Crippen LogP contribution in [0.3, 0.4) is 0 Å². The number of nitrogen functional groups attached to an aromatic ring is 1. The van der Waals surface area contributed by atoms with E-state index < -0.39 is 0 Å². The number of para-hydroxylation sites is 1. The van der Waals surface area contributed by atoms with Crippen LogP contribution in [0.2, 0.25) is 5.02 Å². The van der Waals surface area contributed by atoms with Crippen LogP contribution in [0.1, 0.15) is 6.92 Å². The van der Waals surface area contributed by atoms with Crippen LogP contribution in [0.25, 0.3) is 10.9 Å². The number of rotatable bonds is 3. The quantitative estimate of drug-likeness (QED) is 0.706. The van der Waals surface area contributed by atoms with Crippen LogP contribution in [0, 0.1) is 0 Å². The molecule has 1 amide bonds. The number of anilines is 2. The Morgan fingerprint density at radius 3 is 2.78 bits per heavy atom. The van der Waals surface area contributed by atoms with E-state index in [1.807, 2.05) is 12.1 Å². The van der Waals surface area contributed by atoms with Gasteiger partial charge in [-0.3, -0.25) is 9.78 Å². The van der Waals surface area contributed by atoms with Crippen LogP contribution in [0.15, 0.2) is 48.7 Å². The van der Waals surface area contributed by atoms with Crippen molar-refractivity contribution in [1.29, 1.82) is 0 Å². The molecule has 0 saturated heterocycles. The fourth-order valence-electron chi connectivity index (χ4n) is 2.24. The van der Waals surface area contributed by atoms with Gasteiger partial charge in [0.15, 0.2) is 11.5 Å². The van der Waals surface area contributed by atoms with Crippen LogP contribution in [0.4, 0.5) is 11.4 Å². The van der Waals surface area contributed by atoms with Crippen molar-refractivity contribution in [3.05, 3.63) is 53.7 Å². The minimum atomic E-state index is -0.201. The number of benzene rings is 2. The van der Waals surface area contributed by atoms with Crippen LogP contribution in [-0.2, 0) is 4.79 Å². The smallest absolute Gasteiger partial charge is 0.221 e. The monoisotopic (exact) mass is 327 g/mol. The summed E-state index contributed by atoms with van der Waals surface area (Å²) in [5.41, 5.74) is 7.56. The molecule has 3 rings (SSSR count). The third kappa shape index (κ3) is 3.05. The molecule has 5 nitrogen and oxygen atoms in total. The predicted molar refractivity (Wildman–Crippen MR) is 92.0 cm³/mol. The van der Waals surface area contributed by atoms with E-state index in [1.165, 1.54) is 6.92 Å². The van der Waals surface area contributed by atoms with Gasteiger partial charge in [-0.2, -0.15) is 0 Å². The lowest BCUT2D eigenvalue weighted by atomic mass is 10.2. The van der Waals surface area contributed by atoms with E-state index in [0.29, 0.717) is 33.4 Å². The van der Waals surface area contributed by atoms with Crippen LogP contribution in [0.5, 0.6) is 11.5 Å². The van der Waals surface area contributed by atoms with E-state index in [9.17, 15) is 4.79 Å². The van der Waals surface area contributed by atoms with Gasteiger partial charge in [0.2, 0.25) is 5.91 Å². The largest absolute Gasteiger partial charge is 0.453 e. The molecular formula is C17H14ClN3O2. The first-order valence-electron chi connectivity index (χ1n) is 6.93. The first kappa shape index (κ1) is 15.1. The molecular weight excluding hydrogens is 314 g/mol. The molecule has 0 fully saturated rings. The topological polar surface area (TPSA) is 77.2 Å². The number of ether oxygens (including phenoxy) is 1. The van der Waals surface area contributed by atoms with Gasteiger partial charge in [-0.15, -0.1) is 0 Å². The molecule has 23 heavy (non-hydrogen) atoms. The number of pyridine rings is 1. The Bertz CT molecular complexity index is 896. The highest BCUT2D eigenvalue weighted by atomic mass is 35.5. The summed E-state index contributed by atoms with van der Waals surface area (Å²) in [6, 6.07) is 12.4. The second-order valence-electron chi connectivity index (χ2n) is 4.95. The van der Waals surface area contributed by atoms with Crippen molar-refractivity contribution in [2.45, 2.75) is 6.92 Å². The first-order valence-corrected chi connectivity index (χ1v) is 7.31. The molecule has 1 aromatic heterocycles. The van der Waals surface area contributed by atoms with Gasteiger partial charge >= 0.3 is 0 Å². The Balaban J connectivity index is 2.03. The minimum absolute atomic E-state index is 0.201. The maximum atomic E-state index is 11.2. The molecule has 2 aromatic carbocycles. The number of hydrogen-bond acceptors (Lipinski definition) is 4. The summed E-state index contributed by atoms with van der Waals surface area (Å²) < 4.78 is 5.90. The van der Waals surface area contributed by atoms with Gasteiger partial charge in [0.25, 0.3) is 0 Å². The summed E-state index contributed by atoms with van der Waals surface area (Å²) in [5, 5.41) is 4.06. The highest BCUT2D eigenvalue weighted by molar-refractivity contribution is 6.35. The van der Waals surface area contributed by atoms with Gasteiger partial charge in [-0.1, -0.05) is 17.7 Å². The zero-order valence-electron chi connectivity index (χ0n) is 12.3. The summed E-state index contributed by atoms with van der Waals surface area (Å²) in [5.74, 6) is 0.773. The van der Waals surface area contributed by atoms with E-state index in [4.69, 9.17) is 22.1 Å². The SMILES string of the molecule is CC(=O)Nc1cccc(Oc2ccc(Cl)c3cccnc23)c1N. The highest BCUT2D eigenvalue weighted by Crippen LogP contribution is 2.37. The fraction of sp³-hybridized carbons (Fsp3) is 0.0588. The normalized spacial score (nSPS) is 10.5. The second-order valence-corrected chi connectivity index (χ2v) is 5.35. The predicted octanol–water partition coefficient (Wildman–Crippen LogP) is 4.22. The summed E-state index contributed by atoms with van der Waals surface area (Å²) in [6.45, 7) is 1.42. The van der Waals surface area contributed by atoms with E-state index in [0.717, 1.165) is 5.39 Å². The van der Waals surface area contributed by atoms with Crippen molar-refractivity contribution in [2.75, 3.05) is 11.1 Å². The van der Waals surface area contributed by atoms with Crippen LogP contribution >= 0.6 is 11.6 Å². The van der Waals surface area contributed by atoms with Crippen molar-refractivity contribution >= 4 is 39.8 Å². The maximum absolute atomic E-state index is 11.2. The number of nitrogens with one attached hydrogen (secondary N) is 1. The van der Waals surface area contributed by atoms with Crippen LogP contribution < -0.4 is 15.8 Å². The van der Waals surface area contributed by atoms with E-state index in [-0.39, 0.29) is 5.91 Å². The number of nitrogens with two attached hydrogens (primary N) is 1. The summed E-state index contributed by atoms with van der Waals surface area (Å²) >= 11 is 6.18. The van der Waals surface area contributed by atoms with E-state index in [1.54, 1.807) is 36.5 Å². The van der Waals surface area contributed by atoms with Crippen molar-refractivity contribution in [1.82, 2.24) is 4.98 Å². The summed E-state index contributed by atoms with van der Waals surface area (Å²) in [6.07, 6.45) is 1.67. The molecule has 0 aliphatic heterocycles. The lowest BCUT2D eigenvalue weighted by molar-refractivity contribution is -0.114. The lowest BCUT2D eigenvalue weighted by Crippen LogP contribution is -2.08. The number of hydrogen-bond donors (Lipinski definition) is 2. The molecule has 116 valence electrons. The van der Waals surface area contributed by atoms with E-state index >= 15 is 0 Å². The van der Waals surface area contributed by atoms with Crippen LogP contribution in [-0.4, -0.2) is 10.9 Å². The number of carbonyl (C=O) groups is 1. The Morgan fingerprint density at radius 1 is 1.17 bits per heavy atom. The Hall–Kier alpha value is -2.79. The molecule has 6 heteroatoms.